The van der Waals surface area contributed by atoms with Gasteiger partial charge in [-0.2, -0.15) is 0 Å². The van der Waals surface area contributed by atoms with Gasteiger partial charge in [0.2, 0.25) is 11.8 Å². The fourth-order valence-corrected chi connectivity index (χ4v) is 6.59. The van der Waals surface area contributed by atoms with Gasteiger partial charge in [-0.1, -0.05) is 92.7 Å². The zero-order valence-corrected chi connectivity index (χ0v) is 26.0. The largest absolute Gasteiger partial charge is 0.487 e. The number of carbonyl (C=O) groups excluding carboxylic acids is 3. The van der Waals surface area contributed by atoms with E-state index >= 15 is 0 Å². The molecule has 2 N–H and O–H groups in total. The Labute approximate surface area is 268 Å². The summed E-state index contributed by atoms with van der Waals surface area (Å²) in [5.41, 5.74) is 4.12. The molecule has 4 aromatic rings. The predicted octanol–water partition coefficient (Wildman–Crippen LogP) is 6.24. The summed E-state index contributed by atoms with van der Waals surface area (Å²) in [5, 5.41) is 6.01. The highest BCUT2D eigenvalue weighted by Gasteiger charge is 2.49. The minimum Gasteiger partial charge on any atom is -0.487 e. The van der Waals surface area contributed by atoms with E-state index in [0.29, 0.717) is 42.9 Å². The van der Waals surface area contributed by atoms with Crippen LogP contribution >= 0.6 is 0 Å². The Hall–Kier alpha value is -4.98. The number of halogens is 1. The second kappa shape index (κ2) is 13.6. The van der Waals surface area contributed by atoms with Crippen LogP contribution in [-0.4, -0.2) is 34.7 Å². The first kappa shape index (κ1) is 31.0. The molecule has 1 aliphatic heterocycles. The van der Waals surface area contributed by atoms with E-state index in [2.05, 4.69) is 22.8 Å². The van der Waals surface area contributed by atoms with Crippen molar-refractivity contribution in [3.05, 3.63) is 131 Å². The van der Waals surface area contributed by atoms with Crippen molar-refractivity contribution < 1.29 is 23.5 Å². The molecule has 7 nitrogen and oxygen atoms in total. The molecule has 4 aromatic carbocycles. The van der Waals surface area contributed by atoms with Gasteiger partial charge < -0.3 is 20.3 Å². The molecule has 0 aromatic heterocycles. The molecule has 0 bridgehead atoms. The molecule has 236 valence electrons. The molecule has 1 fully saturated rings. The minimum atomic E-state index is -1.20. The number of ether oxygens (including phenoxy) is 1. The Morgan fingerprint density at radius 2 is 1.52 bits per heavy atom. The van der Waals surface area contributed by atoms with Crippen LogP contribution in [0.5, 0.6) is 5.75 Å². The minimum absolute atomic E-state index is 0.0578. The smallest absolute Gasteiger partial charge is 0.251 e. The van der Waals surface area contributed by atoms with E-state index in [9.17, 15) is 18.8 Å². The normalized spacial score (nSPS) is 18.7. The highest BCUT2D eigenvalue weighted by Crippen LogP contribution is 2.36. The summed E-state index contributed by atoms with van der Waals surface area (Å²) in [6.45, 7) is 4.24. The van der Waals surface area contributed by atoms with Gasteiger partial charge in [-0.25, -0.2) is 4.39 Å². The van der Waals surface area contributed by atoms with Gasteiger partial charge in [0.1, 0.15) is 36.3 Å². The number of benzene rings is 4. The van der Waals surface area contributed by atoms with Crippen LogP contribution in [0.3, 0.4) is 0 Å². The van der Waals surface area contributed by atoms with Crippen molar-refractivity contribution in [2.75, 3.05) is 5.32 Å². The topological polar surface area (TPSA) is 87.7 Å². The van der Waals surface area contributed by atoms with E-state index in [4.69, 9.17) is 4.74 Å². The lowest BCUT2D eigenvalue weighted by Crippen LogP contribution is -2.67. The van der Waals surface area contributed by atoms with Crippen molar-refractivity contribution in [3.63, 3.8) is 0 Å². The number of fused-ring (bicyclic) bond motifs is 1. The highest BCUT2D eigenvalue weighted by molar-refractivity contribution is 6.03. The van der Waals surface area contributed by atoms with Crippen LogP contribution in [0.4, 0.5) is 10.1 Å². The van der Waals surface area contributed by atoms with Crippen molar-refractivity contribution in [1.82, 2.24) is 10.2 Å². The molecule has 2 aliphatic rings. The van der Waals surface area contributed by atoms with Crippen molar-refractivity contribution in [1.29, 1.82) is 0 Å². The van der Waals surface area contributed by atoms with Crippen molar-refractivity contribution in [3.8, 4) is 5.75 Å². The number of amides is 3. The Balaban J connectivity index is 1.35. The Bertz CT molecular complexity index is 1680. The maximum Gasteiger partial charge on any atom is 0.251 e. The maximum atomic E-state index is 14.6. The number of piperazine rings is 1. The van der Waals surface area contributed by atoms with Crippen molar-refractivity contribution in [2.45, 2.75) is 57.8 Å². The SMILES string of the molecule is CC(C)C[C@@H]1C(=O)N[C@H](C2Cc3ccccc3C2)C(=O)N1[C@@H](C(=O)Nc1ccccc1OCc1ccccc1)c1ccc(F)cc1. The van der Waals surface area contributed by atoms with Crippen LogP contribution in [0.15, 0.2) is 103 Å². The summed E-state index contributed by atoms with van der Waals surface area (Å²) < 4.78 is 20.2. The van der Waals surface area contributed by atoms with E-state index in [0.717, 1.165) is 16.7 Å². The number of carbonyl (C=O) groups is 3. The molecule has 3 amide bonds. The lowest BCUT2D eigenvalue weighted by Gasteiger charge is -2.44. The fourth-order valence-electron chi connectivity index (χ4n) is 6.59. The van der Waals surface area contributed by atoms with Gasteiger partial charge in [-0.05, 0) is 77.6 Å². The zero-order valence-electron chi connectivity index (χ0n) is 26.0. The number of hydrogen-bond donors (Lipinski definition) is 2. The number of nitrogens with one attached hydrogen (secondary N) is 2. The van der Waals surface area contributed by atoms with E-state index in [1.807, 2.05) is 62.4 Å². The third kappa shape index (κ3) is 6.66. The molecule has 8 heteroatoms. The van der Waals surface area contributed by atoms with E-state index in [1.165, 1.54) is 29.2 Å². The summed E-state index contributed by atoms with van der Waals surface area (Å²) >= 11 is 0. The van der Waals surface area contributed by atoms with Crippen LogP contribution in [0.1, 0.15) is 48.6 Å². The standard InChI is InChI=1S/C38H38FN3O4/c1-24(2)20-32-36(43)41-34(29-21-27-12-6-7-13-28(27)22-29)38(45)42(32)35(26-16-18-30(39)19-17-26)37(44)40-31-14-8-9-15-33(31)46-23-25-10-4-3-5-11-25/h3-19,24,29,32,34-35H,20-23H2,1-2H3,(H,40,44)(H,41,43)/t32-,34-,35-/m1/s1. The molecule has 46 heavy (non-hydrogen) atoms. The summed E-state index contributed by atoms with van der Waals surface area (Å²) in [5.74, 6) is -1.23. The quantitative estimate of drug-likeness (QED) is 0.220. The second-order valence-corrected chi connectivity index (χ2v) is 12.5. The summed E-state index contributed by atoms with van der Waals surface area (Å²) in [4.78, 5) is 44.3. The molecule has 0 unspecified atom stereocenters. The predicted molar refractivity (Wildman–Crippen MR) is 174 cm³/mol. The molecule has 0 spiro atoms. The third-order valence-electron chi connectivity index (χ3n) is 8.80. The summed E-state index contributed by atoms with van der Waals surface area (Å²) in [7, 11) is 0. The van der Waals surface area contributed by atoms with Gasteiger partial charge in [0.15, 0.2) is 0 Å². The molecule has 0 saturated carbocycles. The van der Waals surface area contributed by atoms with E-state index in [-0.39, 0.29) is 23.7 Å². The van der Waals surface area contributed by atoms with Gasteiger partial charge in [-0.15, -0.1) is 0 Å². The van der Waals surface area contributed by atoms with E-state index < -0.39 is 29.8 Å². The van der Waals surface area contributed by atoms with Gasteiger partial charge in [0, 0.05) is 0 Å². The monoisotopic (exact) mass is 619 g/mol. The van der Waals surface area contributed by atoms with Gasteiger partial charge in [0.25, 0.3) is 5.91 Å². The van der Waals surface area contributed by atoms with Crippen molar-refractivity contribution >= 4 is 23.4 Å². The van der Waals surface area contributed by atoms with Gasteiger partial charge in [-0.3, -0.25) is 14.4 Å². The van der Waals surface area contributed by atoms with Crippen LogP contribution < -0.4 is 15.4 Å². The lowest BCUT2D eigenvalue weighted by molar-refractivity contribution is -0.157. The first-order valence-corrected chi connectivity index (χ1v) is 15.8. The summed E-state index contributed by atoms with van der Waals surface area (Å²) in [6, 6.07) is 27.5. The molecule has 1 aliphatic carbocycles. The zero-order chi connectivity index (χ0) is 32.2. The van der Waals surface area contributed by atoms with Gasteiger partial charge in [0.05, 0.1) is 5.69 Å². The molecule has 1 saturated heterocycles. The molecule has 3 atom stereocenters. The Morgan fingerprint density at radius 3 is 2.20 bits per heavy atom. The Morgan fingerprint density at radius 1 is 0.891 bits per heavy atom. The first-order valence-electron chi connectivity index (χ1n) is 15.8. The molecule has 0 radical (unpaired) electrons. The average Bonchev–Trinajstić information content (AvgIpc) is 3.49. The average molecular weight is 620 g/mol. The van der Waals surface area contributed by atoms with Crippen LogP contribution in [-0.2, 0) is 33.8 Å². The van der Waals surface area contributed by atoms with Gasteiger partial charge >= 0.3 is 0 Å². The van der Waals surface area contributed by atoms with Crippen LogP contribution in [0, 0.1) is 17.7 Å². The first-order chi connectivity index (χ1) is 22.3. The number of nitrogens with zero attached hydrogens (tertiary/aromatic N) is 1. The fraction of sp³-hybridized carbons (Fsp3) is 0.289. The number of rotatable bonds is 10. The van der Waals surface area contributed by atoms with E-state index in [1.54, 1.807) is 18.2 Å². The summed E-state index contributed by atoms with van der Waals surface area (Å²) in [6.07, 6.45) is 1.65. The highest BCUT2D eigenvalue weighted by atomic mass is 19.1. The molecular weight excluding hydrogens is 581 g/mol. The number of hydrogen-bond acceptors (Lipinski definition) is 4. The second-order valence-electron chi connectivity index (χ2n) is 12.5. The number of anilines is 1. The Kier molecular flexibility index (Phi) is 9.15. The maximum absolute atomic E-state index is 14.6. The molecule has 6 rings (SSSR count). The molecule has 1 heterocycles. The van der Waals surface area contributed by atoms with Crippen molar-refractivity contribution in [2.24, 2.45) is 11.8 Å². The number of para-hydroxylation sites is 2. The third-order valence-corrected chi connectivity index (χ3v) is 8.80. The molecular formula is C38H38FN3O4. The van der Waals surface area contributed by atoms with Crippen LogP contribution in [0.25, 0.3) is 0 Å². The lowest BCUT2D eigenvalue weighted by atomic mass is 9.88. The van der Waals surface area contributed by atoms with Crippen LogP contribution in [0.2, 0.25) is 0 Å².